The highest BCUT2D eigenvalue weighted by Gasteiger charge is 2.09. The fraction of sp³-hybridized carbons (Fsp3) is 0.571. The van der Waals surface area contributed by atoms with Crippen LogP contribution >= 0.6 is 0 Å². The van der Waals surface area contributed by atoms with Crippen LogP contribution in [-0.4, -0.2) is 64.3 Å². The summed E-state index contributed by atoms with van der Waals surface area (Å²) < 4.78 is 17.3. The highest BCUT2D eigenvalue weighted by Crippen LogP contribution is 2.28. The van der Waals surface area contributed by atoms with Gasteiger partial charge in [-0.25, -0.2) is 0 Å². The van der Waals surface area contributed by atoms with Gasteiger partial charge in [-0.15, -0.1) is 0 Å². The molecule has 0 spiro atoms. The summed E-state index contributed by atoms with van der Waals surface area (Å²) >= 11 is 0. The number of likely N-dealkylation sites (N-methyl/N-ethyl adjacent to an activating group) is 1. The summed E-state index contributed by atoms with van der Waals surface area (Å²) in [6.45, 7) is 13.2. The number of nitrogens with zero attached hydrogens (tertiary/aromatic N) is 2. The Morgan fingerprint density at radius 1 is 1.04 bits per heavy atom. The third-order valence-electron chi connectivity index (χ3n) is 4.04. The predicted molar refractivity (Wildman–Crippen MR) is 110 cm³/mol. The fourth-order valence-corrected chi connectivity index (χ4v) is 2.60. The number of rotatable bonds is 14. The first-order chi connectivity index (χ1) is 13.1. The molecule has 0 heterocycles. The predicted octanol–water partition coefficient (Wildman–Crippen LogP) is 3.61. The molecule has 0 fully saturated rings. The second kappa shape index (κ2) is 14.1. The van der Waals surface area contributed by atoms with Crippen molar-refractivity contribution in [3.8, 4) is 11.5 Å². The van der Waals surface area contributed by atoms with E-state index in [1.807, 2.05) is 31.2 Å². The van der Waals surface area contributed by atoms with Crippen LogP contribution in [0.3, 0.4) is 0 Å². The standard InChI is InChI=1S/C21H34N2O4/c1-6-8-12-26-20-16-18(3)21(19(4)17-20)27-15-11-23(7-2)10-14-25-13-9-22-24-5/h6,8-9,16-17H,7,10-15H2,1-5H3/b8-6+,22-9+. The van der Waals surface area contributed by atoms with Gasteiger partial charge in [0.05, 0.1) is 19.4 Å². The molecule has 152 valence electrons. The molecule has 0 aliphatic rings. The molecule has 6 heteroatoms. The van der Waals surface area contributed by atoms with Crippen LogP contribution < -0.4 is 9.47 Å². The quantitative estimate of drug-likeness (QED) is 0.214. The molecule has 0 amide bonds. The minimum atomic E-state index is 0.461. The third kappa shape index (κ3) is 9.45. The van der Waals surface area contributed by atoms with Crippen molar-refractivity contribution < 1.29 is 19.0 Å². The van der Waals surface area contributed by atoms with Crippen molar-refractivity contribution in [1.82, 2.24) is 4.90 Å². The van der Waals surface area contributed by atoms with Crippen LogP contribution in [0.2, 0.25) is 0 Å². The molecule has 0 unspecified atom stereocenters. The Morgan fingerprint density at radius 3 is 2.37 bits per heavy atom. The maximum atomic E-state index is 6.05. The molecule has 0 aliphatic heterocycles. The second-order valence-corrected chi connectivity index (χ2v) is 6.09. The molecule has 0 saturated heterocycles. The maximum absolute atomic E-state index is 6.05. The molecule has 0 aromatic heterocycles. The van der Waals surface area contributed by atoms with Gasteiger partial charge in [0.1, 0.15) is 31.8 Å². The van der Waals surface area contributed by atoms with Crippen molar-refractivity contribution in [1.29, 1.82) is 0 Å². The van der Waals surface area contributed by atoms with Crippen molar-refractivity contribution in [2.45, 2.75) is 27.7 Å². The first-order valence-electron chi connectivity index (χ1n) is 9.45. The Hall–Kier alpha value is -2.05. The average Bonchev–Trinajstić information content (AvgIpc) is 2.65. The maximum Gasteiger partial charge on any atom is 0.125 e. The van der Waals surface area contributed by atoms with E-state index in [-0.39, 0.29) is 0 Å². The van der Waals surface area contributed by atoms with Crippen LogP contribution in [0.1, 0.15) is 25.0 Å². The molecule has 0 aliphatic carbocycles. The summed E-state index contributed by atoms with van der Waals surface area (Å²) in [5, 5.41) is 3.64. The molecule has 0 saturated carbocycles. The van der Waals surface area contributed by atoms with Crippen LogP contribution in [0.25, 0.3) is 0 Å². The number of oxime groups is 1. The Kier molecular flexibility index (Phi) is 12.0. The van der Waals surface area contributed by atoms with Gasteiger partial charge in [0.2, 0.25) is 0 Å². The Bertz CT molecular complexity index is 565. The molecular formula is C21H34N2O4. The first kappa shape index (κ1) is 23.0. The van der Waals surface area contributed by atoms with E-state index >= 15 is 0 Å². The monoisotopic (exact) mass is 378 g/mol. The summed E-state index contributed by atoms with van der Waals surface area (Å²) in [6.07, 6.45) is 5.58. The van der Waals surface area contributed by atoms with Gasteiger partial charge in [-0.1, -0.05) is 24.2 Å². The van der Waals surface area contributed by atoms with Gasteiger partial charge in [-0.3, -0.25) is 4.90 Å². The van der Waals surface area contributed by atoms with E-state index in [4.69, 9.17) is 14.2 Å². The van der Waals surface area contributed by atoms with Crippen molar-refractivity contribution in [3.63, 3.8) is 0 Å². The van der Waals surface area contributed by atoms with Crippen LogP contribution in [0.15, 0.2) is 29.4 Å². The van der Waals surface area contributed by atoms with Crippen LogP contribution in [0.5, 0.6) is 11.5 Å². The SMILES string of the molecule is C/C=C/COc1cc(C)c(OCCN(CC)CCOC/C=N/OC)c(C)c1. The van der Waals surface area contributed by atoms with E-state index < -0.39 is 0 Å². The summed E-state index contributed by atoms with van der Waals surface area (Å²) in [6, 6.07) is 4.05. The summed E-state index contributed by atoms with van der Waals surface area (Å²) in [5.74, 6) is 1.82. The van der Waals surface area contributed by atoms with Crippen LogP contribution in [0, 0.1) is 13.8 Å². The van der Waals surface area contributed by atoms with Crippen molar-refractivity contribution in [3.05, 3.63) is 35.4 Å². The van der Waals surface area contributed by atoms with E-state index in [2.05, 4.69) is 35.7 Å². The second-order valence-electron chi connectivity index (χ2n) is 6.09. The molecule has 1 aromatic carbocycles. The van der Waals surface area contributed by atoms with Gasteiger partial charge >= 0.3 is 0 Å². The topological polar surface area (TPSA) is 52.5 Å². The van der Waals surface area contributed by atoms with E-state index in [9.17, 15) is 0 Å². The van der Waals surface area contributed by atoms with Crippen molar-refractivity contribution in [2.75, 3.05) is 53.2 Å². The van der Waals surface area contributed by atoms with Crippen LogP contribution in [0.4, 0.5) is 0 Å². The lowest BCUT2D eigenvalue weighted by Crippen LogP contribution is -2.31. The molecule has 0 N–H and O–H groups in total. The Morgan fingerprint density at radius 2 is 1.74 bits per heavy atom. The van der Waals surface area contributed by atoms with Crippen molar-refractivity contribution in [2.24, 2.45) is 5.16 Å². The van der Waals surface area contributed by atoms with Crippen LogP contribution in [-0.2, 0) is 9.57 Å². The van der Waals surface area contributed by atoms with E-state index in [0.717, 1.165) is 42.3 Å². The fourth-order valence-electron chi connectivity index (χ4n) is 2.60. The summed E-state index contributed by atoms with van der Waals surface area (Å²) in [4.78, 5) is 6.89. The highest BCUT2D eigenvalue weighted by molar-refractivity contribution is 5.57. The number of hydrogen-bond donors (Lipinski definition) is 0. The zero-order chi connectivity index (χ0) is 19.9. The molecule has 1 rings (SSSR count). The lowest BCUT2D eigenvalue weighted by atomic mass is 10.1. The van der Waals surface area contributed by atoms with Gasteiger partial charge < -0.3 is 19.0 Å². The first-order valence-corrected chi connectivity index (χ1v) is 9.45. The Labute approximate surface area is 163 Å². The van der Waals surface area contributed by atoms with E-state index in [0.29, 0.717) is 26.4 Å². The van der Waals surface area contributed by atoms with Gasteiger partial charge in [0.15, 0.2) is 0 Å². The van der Waals surface area contributed by atoms with Gasteiger partial charge in [0, 0.05) is 13.1 Å². The summed E-state index contributed by atoms with van der Waals surface area (Å²) in [7, 11) is 1.52. The van der Waals surface area contributed by atoms with Gasteiger partial charge in [0.25, 0.3) is 0 Å². The molecular weight excluding hydrogens is 344 g/mol. The number of ether oxygens (including phenoxy) is 3. The molecule has 6 nitrogen and oxygen atoms in total. The largest absolute Gasteiger partial charge is 0.492 e. The lowest BCUT2D eigenvalue weighted by Gasteiger charge is -2.21. The Balaban J connectivity index is 2.41. The molecule has 27 heavy (non-hydrogen) atoms. The summed E-state index contributed by atoms with van der Waals surface area (Å²) in [5.41, 5.74) is 2.18. The van der Waals surface area contributed by atoms with Gasteiger partial charge in [-0.2, -0.15) is 0 Å². The van der Waals surface area contributed by atoms with Crippen molar-refractivity contribution >= 4 is 6.21 Å². The zero-order valence-corrected chi connectivity index (χ0v) is 17.4. The molecule has 0 atom stereocenters. The lowest BCUT2D eigenvalue weighted by molar-refractivity contribution is 0.122. The van der Waals surface area contributed by atoms with Gasteiger partial charge in [-0.05, 0) is 50.6 Å². The number of hydrogen-bond acceptors (Lipinski definition) is 6. The molecule has 0 radical (unpaired) electrons. The number of benzene rings is 1. The normalized spacial score (nSPS) is 11.6. The van der Waals surface area contributed by atoms with E-state index in [1.165, 1.54) is 7.11 Å². The number of aryl methyl sites for hydroxylation is 2. The average molecular weight is 379 g/mol. The smallest absolute Gasteiger partial charge is 0.125 e. The molecule has 1 aromatic rings. The third-order valence-corrected chi connectivity index (χ3v) is 4.04. The number of allylic oxidation sites excluding steroid dienone is 1. The zero-order valence-electron chi connectivity index (χ0n) is 17.4. The minimum absolute atomic E-state index is 0.461. The molecule has 0 bridgehead atoms. The minimum Gasteiger partial charge on any atom is -0.492 e. The highest BCUT2D eigenvalue weighted by atomic mass is 16.6. The van der Waals surface area contributed by atoms with E-state index in [1.54, 1.807) is 6.21 Å².